The molecular weight excluding hydrogens is 284 g/mol. The van der Waals surface area contributed by atoms with Crippen LogP contribution in [-0.2, 0) is 0 Å². The Bertz CT molecular complexity index is 697. The van der Waals surface area contributed by atoms with E-state index in [1.807, 2.05) is 24.3 Å². The highest BCUT2D eigenvalue weighted by molar-refractivity contribution is 6.01. The van der Waals surface area contributed by atoms with Gasteiger partial charge in [0.2, 0.25) is 5.82 Å². The number of likely N-dealkylation sites (N-methyl/N-ethyl adjacent to an activating group) is 1. The fraction of sp³-hybridized carbons (Fsp3) is 0.357. The van der Waals surface area contributed by atoms with Gasteiger partial charge in [0.05, 0.1) is 0 Å². The van der Waals surface area contributed by atoms with Gasteiger partial charge in [-0.05, 0) is 31.3 Å². The molecule has 1 aliphatic rings. The van der Waals surface area contributed by atoms with E-state index >= 15 is 0 Å². The van der Waals surface area contributed by atoms with Gasteiger partial charge in [-0.3, -0.25) is 9.78 Å². The third-order valence-electron chi connectivity index (χ3n) is 3.71. The molecule has 1 aromatic carbocycles. The van der Waals surface area contributed by atoms with Gasteiger partial charge in [0.25, 0.3) is 5.91 Å². The third-order valence-corrected chi connectivity index (χ3v) is 3.71. The molecule has 2 aromatic rings. The summed E-state index contributed by atoms with van der Waals surface area (Å²) in [5.74, 6) is -0.487. The smallest absolute Gasteiger partial charge is 0.341 e. The summed E-state index contributed by atoms with van der Waals surface area (Å²) in [6, 6.07) is 7.65. The molecule has 3 N–H and O–H groups in total. The van der Waals surface area contributed by atoms with Crippen LogP contribution in [0.25, 0.3) is 0 Å². The zero-order valence-corrected chi connectivity index (χ0v) is 12.3. The monoisotopic (exact) mass is 302 g/mol. The van der Waals surface area contributed by atoms with Crippen molar-refractivity contribution in [3.8, 4) is 0 Å². The number of carbonyl (C=O) groups excluding carboxylic acids is 1. The lowest BCUT2D eigenvalue weighted by molar-refractivity contribution is 0.101. The van der Waals surface area contributed by atoms with Crippen LogP contribution in [0.1, 0.15) is 10.6 Å². The normalized spacial score (nSPS) is 15.8. The summed E-state index contributed by atoms with van der Waals surface area (Å²) in [7, 11) is 2.12. The molecule has 0 aliphatic carbocycles. The number of hydrogen-bond acceptors (Lipinski definition) is 5. The minimum atomic E-state index is -0.504. The number of aromatic amines is 2. The van der Waals surface area contributed by atoms with E-state index in [2.05, 4.69) is 37.3 Å². The van der Waals surface area contributed by atoms with E-state index in [4.69, 9.17) is 0 Å². The highest BCUT2D eigenvalue weighted by Crippen LogP contribution is 2.19. The van der Waals surface area contributed by atoms with E-state index in [1.54, 1.807) is 0 Å². The first-order valence-electron chi connectivity index (χ1n) is 7.11. The first-order valence-corrected chi connectivity index (χ1v) is 7.11. The zero-order valence-electron chi connectivity index (χ0n) is 12.3. The number of rotatable bonds is 3. The van der Waals surface area contributed by atoms with Crippen molar-refractivity contribution < 1.29 is 4.79 Å². The number of H-pyrrole nitrogens is 2. The van der Waals surface area contributed by atoms with E-state index in [0.29, 0.717) is 5.69 Å². The predicted octanol–water partition coefficient (Wildman–Crippen LogP) is 0.102. The van der Waals surface area contributed by atoms with Gasteiger partial charge in [-0.15, -0.1) is 5.10 Å². The number of nitrogens with zero attached hydrogens (tertiary/aromatic N) is 3. The lowest BCUT2D eigenvalue weighted by Gasteiger charge is -2.34. The van der Waals surface area contributed by atoms with Crippen molar-refractivity contribution in [1.29, 1.82) is 0 Å². The summed E-state index contributed by atoms with van der Waals surface area (Å²) in [4.78, 5) is 29.7. The van der Waals surface area contributed by atoms with Gasteiger partial charge in [0.15, 0.2) is 0 Å². The molecule has 0 radical (unpaired) electrons. The minimum absolute atomic E-state index is 0.0341. The number of hydrogen-bond donors (Lipinski definition) is 3. The average Bonchev–Trinajstić information content (AvgIpc) is 2.96. The molecule has 8 heteroatoms. The highest BCUT2D eigenvalue weighted by atomic mass is 16.2. The zero-order chi connectivity index (χ0) is 15.5. The molecule has 1 fully saturated rings. The quantitative estimate of drug-likeness (QED) is 0.747. The molecule has 8 nitrogen and oxygen atoms in total. The Morgan fingerprint density at radius 3 is 2.45 bits per heavy atom. The van der Waals surface area contributed by atoms with E-state index in [9.17, 15) is 9.59 Å². The van der Waals surface area contributed by atoms with E-state index in [-0.39, 0.29) is 5.82 Å². The van der Waals surface area contributed by atoms with Crippen LogP contribution >= 0.6 is 0 Å². The Kier molecular flexibility index (Phi) is 3.92. The van der Waals surface area contributed by atoms with Crippen LogP contribution in [0.15, 0.2) is 29.1 Å². The summed E-state index contributed by atoms with van der Waals surface area (Å²) in [6.45, 7) is 4.09. The number of carbonyl (C=O) groups is 1. The van der Waals surface area contributed by atoms with Gasteiger partial charge in [-0.2, -0.15) is 0 Å². The lowest BCUT2D eigenvalue weighted by Crippen LogP contribution is -2.44. The van der Waals surface area contributed by atoms with Crippen LogP contribution in [0.2, 0.25) is 0 Å². The maximum absolute atomic E-state index is 11.9. The van der Waals surface area contributed by atoms with Crippen molar-refractivity contribution in [3.05, 3.63) is 40.6 Å². The first kappa shape index (κ1) is 14.3. The molecule has 1 aliphatic heterocycles. The second-order valence-electron chi connectivity index (χ2n) is 5.32. The topological polar surface area (TPSA) is 97.1 Å². The van der Waals surface area contributed by atoms with Crippen molar-refractivity contribution in [2.24, 2.45) is 0 Å². The van der Waals surface area contributed by atoms with E-state index in [0.717, 1.165) is 31.9 Å². The number of aromatic nitrogens is 3. The van der Waals surface area contributed by atoms with Gasteiger partial charge in [-0.25, -0.2) is 9.89 Å². The number of benzene rings is 1. The maximum atomic E-state index is 11.9. The predicted molar refractivity (Wildman–Crippen MR) is 83.3 cm³/mol. The molecule has 0 saturated carbocycles. The fourth-order valence-electron chi connectivity index (χ4n) is 2.39. The molecular formula is C14H18N6O2. The molecule has 22 heavy (non-hydrogen) atoms. The second-order valence-corrected chi connectivity index (χ2v) is 5.32. The molecule has 1 saturated heterocycles. The summed E-state index contributed by atoms with van der Waals surface area (Å²) < 4.78 is 0. The standard InChI is InChI=1S/C14H18N6O2/c1-19-6-8-20(9-7-19)11-4-2-10(3-5-11)15-13(21)12-16-14(22)18-17-12/h2-5H,6-9H2,1H3,(H,15,21)(H2,16,17,18,22). The minimum Gasteiger partial charge on any atom is -0.369 e. The molecule has 3 rings (SSSR count). The van der Waals surface area contributed by atoms with Gasteiger partial charge >= 0.3 is 5.69 Å². The molecule has 116 valence electrons. The molecule has 0 spiro atoms. The van der Waals surface area contributed by atoms with Gasteiger partial charge in [0, 0.05) is 37.6 Å². The second kappa shape index (κ2) is 6.02. The number of nitrogens with one attached hydrogen (secondary N) is 3. The van der Waals surface area contributed by atoms with Crippen LogP contribution in [0.4, 0.5) is 11.4 Å². The van der Waals surface area contributed by atoms with Crippen molar-refractivity contribution in [2.45, 2.75) is 0 Å². The van der Waals surface area contributed by atoms with Gasteiger partial charge in [-0.1, -0.05) is 0 Å². The fourth-order valence-corrected chi connectivity index (χ4v) is 2.39. The largest absolute Gasteiger partial charge is 0.369 e. The maximum Gasteiger partial charge on any atom is 0.341 e. The van der Waals surface area contributed by atoms with Crippen LogP contribution in [0.5, 0.6) is 0 Å². The third kappa shape index (κ3) is 3.17. The van der Waals surface area contributed by atoms with Gasteiger partial charge < -0.3 is 15.1 Å². The van der Waals surface area contributed by atoms with Crippen molar-refractivity contribution >= 4 is 17.3 Å². The molecule has 0 atom stereocenters. The number of amides is 1. The van der Waals surface area contributed by atoms with Crippen molar-refractivity contribution in [2.75, 3.05) is 43.4 Å². The number of piperazine rings is 1. The molecule has 1 aromatic heterocycles. The van der Waals surface area contributed by atoms with Crippen LogP contribution < -0.4 is 15.9 Å². The lowest BCUT2D eigenvalue weighted by atomic mass is 10.2. The number of anilines is 2. The molecule has 0 unspecified atom stereocenters. The Hall–Kier alpha value is -2.61. The molecule has 2 heterocycles. The Morgan fingerprint density at radius 1 is 1.18 bits per heavy atom. The Morgan fingerprint density at radius 2 is 1.86 bits per heavy atom. The molecule has 1 amide bonds. The SMILES string of the molecule is CN1CCN(c2ccc(NC(=O)c3n[nH]c(=O)[nH]3)cc2)CC1. The van der Waals surface area contributed by atoms with Gasteiger partial charge in [0.1, 0.15) is 0 Å². The summed E-state index contributed by atoms with van der Waals surface area (Å²) in [5.41, 5.74) is 1.29. The van der Waals surface area contributed by atoms with Crippen molar-refractivity contribution in [3.63, 3.8) is 0 Å². The Labute approximate surface area is 127 Å². The van der Waals surface area contributed by atoms with Crippen LogP contribution in [-0.4, -0.2) is 59.2 Å². The summed E-state index contributed by atoms with van der Waals surface area (Å²) in [5, 5.41) is 8.44. The highest BCUT2D eigenvalue weighted by Gasteiger charge is 2.14. The van der Waals surface area contributed by atoms with E-state index < -0.39 is 11.6 Å². The van der Waals surface area contributed by atoms with Crippen molar-refractivity contribution in [1.82, 2.24) is 20.1 Å². The van der Waals surface area contributed by atoms with E-state index in [1.165, 1.54) is 0 Å². The van der Waals surface area contributed by atoms with Crippen LogP contribution in [0, 0.1) is 0 Å². The Balaban J connectivity index is 1.64. The molecule has 0 bridgehead atoms. The van der Waals surface area contributed by atoms with Crippen LogP contribution in [0.3, 0.4) is 0 Å². The first-order chi connectivity index (χ1) is 10.6. The summed E-state index contributed by atoms with van der Waals surface area (Å²) >= 11 is 0. The summed E-state index contributed by atoms with van der Waals surface area (Å²) in [6.07, 6.45) is 0. The average molecular weight is 302 g/mol.